The van der Waals surface area contributed by atoms with Gasteiger partial charge in [0.25, 0.3) is 5.91 Å². The molecular formula is C18H20N2O3S. The van der Waals surface area contributed by atoms with Gasteiger partial charge in [-0.1, -0.05) is 6.07 Å². The lowest BCUT2D eigenvalue weighted by Gasteiger charge is -2.17. The third-order valence-corrected chi connectivity index (χ3v) is 6.15. The van der Waals surface area contributed by atoms with Gasteiger partial charge in [-0.25, -0.2) is 8.42 Å². The minimum Gasteiger partial charge on any atom is -0.322 e. The molecule has 1 fully saturated rings. The molecule has 1 aliphatic rings. The van der Waals surface area contributed by atoms with Crippen LogP contribution in [0.25, 0.3) is 0 Å². The first-order chi connectivity index (χ1) is 11.4. The Balaban J connectivity index is 1.74. The fourth-order valence-corrected chi connectivity index (χ4v) is 4.29. The van der Waals surface area contributed by atoms with Crippen molar-refractivity contribution in [3.05, 3.63) is 59.2 Å². The van der Waals surface area contributed by atoms with Gasteiger partial charge in [0.1, 0.15) is 0 Å². The van der Waals surface area contributed by atoms with Gasteiger partial charge in [0.05, 0.1) is 11.4 Å². The average Bonchev–Trinajstić information content (AvgIpc) is 2.90. The van der Waals surface area contributed by atoms with E-state index in [4.69, 9.17) is 0 Å². The molecule has 6 heteroatoms. The Morgan fingerprint density at radius 3 is 2.33 bits per heavy atom. The molecule has 2 aromatic rings. The van der Waals surface area contributed by atoms with Gasteiger partial charge < -0.3 is 5.32 Å². The molecule has 24 heavy (non-hydrogen) atoms. The van der Waals surface area contributed by atoms with Crippen LogP contribution >= 0.6 is 0 Å². The molecule has 0 aromatic heterocycles. The van der Waals surface area contributed by atoms with E-state index in [2.05, 4.69) is 5.32 Å². The van der Waals surface area contributed by atoms with Crippen molar-refractivity contribution in [1.29, 1.82) is 0 Å². The molecule has 0 bridgehead atoms. The second-order valence-corrected chi connectivity index (χ2v) is 8.05. The summed E-state index contributed by atoms with van der Waals surface area (Å²) >= 11 is 0. The standard InChI is InChI=1S/C18H20N2O3S/c1-13-4-5-15(12-14(13)2)18(21)19-16-6-8-17(9-7-16)20-10-3-11-24(20,22)23/h4-9,12H,3,10-11H2,1-2H3,(H,19,21). The minimum atomic E-state index is -3.18. The largest absolute Gasteiger partial charge is 0.322 e. The maximum Gasteiger partial charge on any atom is 0.255 e. The highest BCUT2D eigenvalue weighted by Gasteiger charge is 2.28. The maximum atomic E-state index is 12.3. The van der Waals surface area contributed by atoms with Crippen LogP contribution in [0, 0.1) is 13.8 Å². The van der Waals surface area contributed by atoms with Crippen molar-refractivity contribution in [3.8, 4) is 0 Å². The Morgan fingerprint density at radius 2 is 1.75 bits per heavy atom. The van der Waals surface area contributed by atoms with Crippen LogP contribution in [0.15, 0.2) is 42.5 Å². The van der Waals surface area contributed by atoms with Crippen LogP contribution in [0.1, 0.15) is 27.9 Å². The lowest BCUT2D eigenvalue weighted by Crippen LogP contribution is -2.24. The van der Waals surface area contributed by atoms with Gasteiger partial charge >= 0.3 is 0 Å². The number of hydrogen-bond acceptors (Lipinski definition) is 3. The van der Waals surface area contributed by atoms with Gasteiger partial charge in [0.2, 0.25) is 10.0 Å². The lowest BCUT2D eigenvalue weighted by atomic mass is 10.1. The first-order valence-electron chi connectivity index (χ1n) is 7.86. The van der Waals surface area contributed by atoms with Crippen LogP contribution in [0.5, 0.6) is 0 Å². The summed E-state index contributed by atoms with van der Waals surface area (Å²) in [7, 11) is -3.18. The van der Waals surface area contributed by atoms with E-state index in [1.54, 1.807) is 30.3 Å². The first kappa shape index (κ1) is 16.5. The molecule has 0 spiro atoms. The monoisotopic (exact) mass is 344 g/mol. The predicted molar refractivity (Wildman–Crippen MR) is 96.1 cm³/mol. The van der Waals surface area contributed by atoms with Crippen LogP contribution < -0.4 is 9.62 Å². The highest BCUT2D eigenvalue weighted by Crippen LogP contribution is 2.25. The van der Waals surface area contributed by atoms with E-state index in [0.29, 0.717) is 29.9 Å². The zero-order valence-electron chi connectivity index (χ0n) is 13.7. The quantitative estimate of drug-likeness (QED) is 0.930. The molecule has 0 saturated carbocycles. The number of hydrogen-bond donors (Lipinski definition) is 1. The smallest absolute Gasteiger partial charge is 0.255 e. The van der Waals surface area contributed by atoms with E-state index >= 15 is 0 Å². The lowest BCUT2D eigenvalue weighted by molar-refractivity contribution is 0.102. The second kappa shape index (κ2) is 6.28. The third-order valence-electron chi connectivity index (χ3n) is 4.28. The van der Waals surface area contributed by atoms with Gasteiger partial charge in [-0.05, 0) is 67.8 Å². The summed E-state index contributed by atoms with van der Waals surface area (Å²) in [6, 6.07) is 12.5. The third kappa shape index (κ3) is 3.28. The summed E-state index contributed by atoms with van der Waals surface area (Å²) in [4.78, 5) is 12.3. The number of aryl methyl sites for hydroxylation is 2. The van der Waals surface area contributed by atoms with Crippen LogP contribution in [-0.4, -0.2) is 26.6 Å². The normalized spacial score (nSPS) is 16.2. The summed E-state index contributed by atoms with van der Waals surface area (Å²) in [6.07, 6.45) is 0.646. The Morgan fingerprint density at radius 1 is 1.04 bits per heavy atom. The predicted octanol–water partition coefficient (Wildman–Crippen LogP) is 3.10. The van der Waals surface area contributed by atoms with Gasteiger partial charge in [-0.15, -0.1) is 0 Å². The van der Waals surface area contributed by atoms with Crippen molar-refractivity contribution in [3.63, 3.8) is 0 Å². The van der Waals surface area contributed by atoms with Crippen molar-refractivity contribution in [2.45, 2.75) is 20.3 Å². The zero-order valence-corrected chi connectivity index (χ0v) is 14.6. The molecule has 1 saturated heterocycles. The van der Waals surface area contributed by atoms with Crippen LogP contribution in [0.2, 0.25) is 0 Å². The molecule has 1 amide bonds. The van der Waals surface area contributed by atoms with E-state index in [-0.39, 0.29) is 11.7 Å². The molecule has 0 aliphatic carbocycles. The number of sulfonamides is 1. The van der Waals surface area contributed by atoms with Crippen LogP contribution in [0.3, 0.4) is 0 Å². The topological polar surface area (TPSA) is 66.5 Å². The molecule has 2 aromatic carbocycles. The number of amides is 1. The van der Waals surface area contributed by atoms with Crippen LogP contribution in [0.4, 0.5) is 11.4 Å². The summed E-state index contributed by atoms with van der Waals surface area (Å²) < 4.78 is 25.3. The van der Waals surface area contributed by atoms with Crippen molar-refractivity contribution < 1.29 is 13.2 Å². The molecular weight excluding hydrogens is 324 g/mol. The van der Waals surface area contributed by atoms with E-state index in [1.165, 1.54) is 4.31 Å². The summed E-state index contributed by atoms with van der Waals surface area (Å²) in [6.45, 7) is 4.48. The molecule has 0 radical (unpaired) electrons. The Kier molecular flexibility index (Phi) is 4.32. The highest BCUT2D eigenvalue weighted by atomic mass is 32.2. The SMILES string of the molecule is Cc1ccc(C(=O)Nc2ccc(N3CCCS3(=O)=O)cc2)cc1C. The minimum absolute atomic E-state index is 0.181. The van der Waals surface area contributed by atoms with Gasteiger partial charge in [0, 0.05) is 17.8 Å². The molecule has 1 heterocycles. The summed E-state index contributed by atoms with van der Waals surface area (Å²) in [5.41, 5.74) is 4.08. The fraction of sp³-hybridized carbons (Fsp3) is 0.278. The number of nitrogens with zero attached hydrogens (tertiary/aromatic N) is 1. The number of carbonyl (C=O) groups is 1. The molecule has 3 rings (SSSR count). The van der Waals surface area contributed by atoms with Crippen molar-refractivity contribution in [2.24, 2.45) is 0 Å². The molecule has 0 atom stereocenters. The van der Waals surface area contributed by atoms with Crippen molar-refractivity contribution >= 4 is 27.3 Å². The molecule has 126 valence electrons. The molecule has 1 N–H and O–H groups in total. The number of carbonyl (C=O) groups excluding carboxylic acids is 1. The summed E-state index contributed by atoms with van der Waals surface area (Å²) in [5.74, 6) is 0.0118. The number of anilines is 2. The van der Waals surface area contributed by atoms with Crippen LogP contribution in [-0.2, 0) is 10.0 Å². The van der Waals surface area contributed by atoms with Gasteiger partial charge in [0.15, 0.2) is 0 Å². The van der Waals surface area contributed by atoms with E-state index in [0.717, 1.165) is 11.1 Å². The Hall–Kier alpha value is -2.34. The van der Waals surface area contributed by atoms with Gasteiger partial charge in [-0.3, -0.25) is 9.10 Å². The Bertz CT molecular complexity index is 874. The molecule has 1 aliphatic heterocycles. The van der Waals surface area contributed by atoms with E-state index in [1.807, 2.05) is 26.0 Å². The van der Waals surface area contributed by atoms with Crippen molar-refractivity contribution in [2.75, 3.05) is 21.9 Å². The molecule has 0 unspecified atom stereocenters. The summed E-state index contributed by atoms with van der Waals surface area (Å²) in [5, 5.41) is 2.84. The second-order valence-electron chi connectivity index (χ2n) is 6.04. The van der Waals surface area contributed by atoms with Crippen molar-refractivity contribution in [1.82, 2.24) is 0 Å². The zero-order chi connectivity index (χ0) is 17.3. The number of benzene rings is 2. The van der Waals surface area contributed by atoms with E-state index < -0.39 is 10.0 Å². The maximum absolute atomic E-state index is 12.3. The number of nitrogens with one attached hydrogen (secondary N) is 1. The molecule has 5 nitrogen and oxygen atoms in total. The first-order valence-corrected chi connectivity index (χ1v) is 9.47. The van der Waals surface area contributed by atoms with Gasteiger partial charge in [-0.2, -0.15) is 0 Å². The highest BCUT2D eigenvalue weighted by molar-refractivity contribution is 7.93. The number of rotatable bonds is 3. The Labute approximate surface area is 142 Å². The average molecular weight is 344 g/mol. The van der Waals surface area contributed by atoms with E-state index in [9.17, 15) is 13.2 Å². The fourth-order valence-electron chi connectivity index (χ4n) is 2.73.